The van der Waals surface area contributed by atoms with E-state index in [2.05, 4.69) is 5.32 Å². The number of benzene rings is 3. The summed E-state index contributed by atoms with van der Waals surface area (Å²) in [5.41, 5.74) is 2.22. The third kappa shape index (κ3) is 8.54. The second kappa shape index (κ2) is 15.4. The number of amides is 2. The number of nitrogens with one attached hydrogen (secondary N) is 1. The number of carbonyl (C=O) groups is 2. The number of rotatable bonds is 13. The van der Waals surface area contributed by atoms with Gasteiger partial charge < -0.3 is 15.0 Å². The summed E-state index contributed by atoms with van der Waals surface area (Å²) >= 11 is 6.05. The molecule has 4 rings (SSSR count). The zero-order valence-corrected chi connectivity index (χ0v) is 27.2. The first-order valence-corrected chi connectivity index (χ1v) is 17.1. The number of aryl methyl sites for hydroxylation is 1. The van der Waals surface area contributed by atoms with E-state index in [9.17, 15) is 18.0 Å². The highest BCUT2D eigenvalue weighted by Crippen LogP contribution is 2.28. The Bertz CT molecular complexity index is 1490. The molecule has 1 saturated carbocycles. The minimum absolute atomic E-state index is 0.00393. The second-order valence-corrected chi connectivity index (χ2v) is 13.5. The highest BCUT2D eigenvalue weighted by atomic mass is 35.5. The Kier molecular flexibility index (Phi) is 11.7. The molecule has 0 radical (unpaired) electrons. The zero-order chi connectivity index (χ0) is 31.7. The lowest BCUT2D eigenvalue weighted by Gasteiger charge is -2.34. The quantitative estimate of drug-likeness (QED) is 0.230. The molecule has 10 heteroatoms. The smallest absolute Gasteiger partial charge is 0.264 e. The van der Waals surface area contributed by atoms with E-state index >= 15 is 0 Å². The van der Waals surface area contributed by atoms with Crippen molar-refractivity contribution in [2.45, 2.75) is 82.8 Å². The first-order valence-electron chi connectivity index (χ1n) is 15.3. The Morgan fingerprint density at radius 1 is 0.932 bits per heavy atom. The molecule has 1 fully saturated rings. The summed E-state index contributed by atoms with van der Waals surface area (Å²) in [4.78, 5) is 29.5. The third-order valence-electron chi connectivity index (χ3n) is 7.93. The molecule has 1 aliphatic rings. The topological polar surface area (TPSA) is 96.0 Å². The SMILES string of the molecule is CCOc1ccc(N(CC(=O)N(Cc2ccc(C)cc2)C(CC)C(=O)NC2CCCCC2)S(=O)(=O)c2ccc(Cl)cc2)cc1. The van der Waals surface area contributed by atoms with Crippen LogP contribution in [0.15, 0.2) is 77.7 Å². The number of halogens is 1. The van der Waals surface area contributed by atoms with Gasteiger partial charge in [0.25, 0.3) is 10.0 Å². The highest BCUT2D eigenvalue weighted by molar-refractivity contribution is 7.92. The molecule has 1 atom stereocenters. The summed E-state index contributed by atoms with van der Waals surface area (Å²) in [5.74, 6) is -0.117. The molecule has 0 aliphatic heterocycles. The van der Waals surface area contributed by atoms with Crippen molar-refractivity contribution < 1.29 is 22.7 Å². The summed E-state index contributed by atoms with van der Waals surface area (Å²) in [6.45, 7) is 5.83. The number of ether oxygens (including phenoxy) is 1. The van der Waals surface area contributed by atoms with Crippen molar-refractivity contribution in [3.05, 3.63) is 88.9 Å². The second-order valence-electron chi connectivity index (χ2n) is 11.2. The highest BCUT2D eigenvalue weighted by Gasteiger charge is 2.34. The molecule has 0 aromatic heterocycles. The van der Waals surface area contributed by atoms with Crippen molar-refractivity contribution >= 4 is 39.1 Å². The van der Waals surface area contributed by atoms with Crippen molar-refractivity contribution in [3.63, 3.8) is 0 Å². The molecule has 8 nitrogen and oxygen atoms in total. The molecule has 1 N–H and O–H groups in total. The molecule has 2 amide bonds. The molecule has 44 heavy (non-hydrogen) atoms. The van der Waals surface area contributed by atoms with Gasteiger partial charge in [-0.1, -0.05) is 67.6 Å². The van der Waals surface area contributed by atoms with Gasteiger partial charge in [0.05, 0.1) is 17.2 Å². The van der Waals surface area contributed by atoms with Crippen molar-refractivity contribution in [2.75, 3.05) is 17.5 Å². The molecule has 3 aromatic rings. The van der Waals surface area contributed by atoms with Gasteiger partial charge in [0.15, 0.2) is 0 Å². The van der Waals surface area contributed by atoms with E-state index in [0.717, 1.165) is 47.5 Å². The van der Waals surface area contributed by atoms with E-state index in [-0.39, 0.29) is 23.4 Å². The van der Waals surface area contributed by atoms with Gasteiger partial charge in [-0.2, -0.15) is 0 Å². The molecule has 0 heterocycles. The lowest BCUT2D eigenvalue weighted by Crippen LogP contribution is -2.54. The van der Waals surface area contributed by atoms with Gasteiger partial charge in [-0.3, -0.25) is 13.9 Å². The monoisotopic (exact) mass is 639 g/mol. The molecule has 1 aliphatic carbocycles. The van der Waals surface area contributed by atoms with Crippen LogP contribution in [0.2, 0.25) is 5.02 Å². The fourth-order valence-corrected chi connectivity index (χ4v) is 7.03. The number of carbonyl (C=O) groups excluding carboxylic acids is 2. The van der Waals surface area contributed by atoms with Crippen LogP contribution in [0.5, 0.6) is 5.75 Å². The minimum Gasteiger partial charge on any atom is -0.494 e. The van der Waals surface area contributed by atoms with Crippen LogP contribution in [0, 0.1) is 6.92 Å². The fourth-order valence-electron chi connectivity index (χ4n) is 5.49. The predicted octanol–water partition coefficient (Wildman–Crippen LogP) is 6.50. The number of hydrogen-bond acceptors (Lipinski definition) is 5. The van der Waals surface area contributed by atoms with Crippen molar-refractivity contribution in [1.82, 2.24) is 10.2 Å². The first kappa shape index (κ1) is 33.3. The molecular weight excluding hydrogens is 598 g/mol. The van der Waals surface area contributed by atoms with Gasteiger partial charge in [-0.15, -0.1) is 0 Å². The lowest BCUT2D eigenvalue weighted by atomic mass is 9.95. The van der Waals surface area contributed by atoms with Crippen LogP contribution in [-0.4, -0.2) is 50.4 Å². The van der Waals surface area contributed by atoms with Crippen LogP contribution >= 0.6 is 11.6 Å². The Morgan fingerprint density at radius 3 is 2.16 bits per heavy atom. The number of anilines is 1. The van der Waals surface area contributed by atoms with Crippen LogP contribution in [0.25, 0.3) is 0 Å². The largest absolute Gasteiger partial charge is 0.494 e. The maximum atomic E-state index is 14.3. The number of nitrogens with zero attached hydrogens (tertiary/aromatic N) is 2. The van der Waals surface area contributed by atoms with E-state index in [1.165, 1.54) is 29.2 Å². The molecule has 0 saturated heterocycles. The van der Waals surface area contributed by atoms with Crippen LogP contribution in [0.3, 0.4) is 0 Å². The van der Waals surface area contributed by atoms with Gasteiger partial charge in [-0.05, 0) is 87.2 Å². The Morgan fingerprint density at radius 2 is 1.57 bits per heavy atom. The Hall–Kier alpha value is -3.56. The van der Waals surface area contributed by atoms with Crippen LogP contribution < -0.4 is 14.4 Å². The molecule has 1 unspecified atom stereocenters. The average Bonchev–Trinajstić information content (AvgIpc) is 3.02. The normalized spacial score (nSPS) is 14.5. The van der Waals surface area contributed by atoms with E-state index in [1.807, 2.05) is 45.0 Å². The van der Waals surface area contributed by atoms with Crippen LogP contribution in [0.4, 0.5) is 5.69 Å². The fraction of sp³-hybridized carbons (Fsp3) is 0.412. The maximum absolute atomic E-state index is 14.3. The summed E-state index contributed by atoms with van der Waals surface area (Å²) < 4.78 is 34.7. The van der Waals surface area contributed by atoms with E-state index < -0.39 is 28.5 Å². The molecule has 0 spiro atoms. The van der Waals surface area contributed by atoms with Gasteiger partial charge in [0, 0.05) is 17.6 Å². The van der Waals surface area contributed by atoms with Gasteiger partial charge in [-0.25, -0.2) is 8.42 Å². The maximum Gasteiger partial charge on any atom is 0.264 e. The molecular formula is C34H42ClN3O5S. The Balaban J connectivity index is 1.70. The van der Waals surface area contributed by atoms with Gasteiger partial charge in [0.2, 0.25) is 11.8 Å². The average molecular weight is 640 g/mol. The van der Waals surface area contributed by atoms with Crippen LogP contribution in [-0.2, 0) is 26.2 Å². The molecule has 3 aromatic carbocycles. The van der Waals surface area contributed by atoms with Crippen LogP contribution in [0.1, 0.15) is 63.5 Å². The standard InChI is InChI=1S/C34H42ClN3O5S/c1-4-32(34(40)36-28-9-7-6-8-10-28)37(23-26-13-11-25(3)12-14-26)33(39)24-38(29-17-19-30(20-18-29)43-5-2)44(41,42)31-21-15-27(35)16-22-31/h11-22,28,32H,4-10,23-24H2,1-3H3,(H,36,40). The number of hydrogen-bond donors (Lipinski definition) is 1. The molecule has 236 valence electrons. The number of sulfonamides is 1. The minimum atomic E-state index is -4.19. The van der Waals surface area contributed by atoms with Gasteiger partial charge in [0.1, 0.15) is 18.3 Å². The Labute approximate surface area is 266 Å². The zero-order valence-electron chi connectivity index (χ0n) is 25.7. The van der Waals surface area contributed by atoms with E-state index in [4.69, 9.17) is 16.3 Å². The summed E-state index contributed by atoms with van der Waals surface area (Å²) in [6.07, 6.45) is 5.49. The molecule has 0 bridgehead atoms. The van der Waals surface area contributed by atoms with E-state index in [0.29, 0.717) is 29.5 Å². The van der Waals surface area contributed by atoms with Gasteiger partial charge >= 0.3 is 0 Å². The summed E-state index contributed by atoms with van der Waals surface area (Å²) in [6, 6.07) is 19.5. The summed E-state index contributed by atoms with van der Waals surface area (Å²) in [7, 11) is -4.19. The first-order chi connectivity index (χ1) is 21.1. The van der Waals surface area contributed by atoms with Crippen molar-refractivity contribution in [2.24, 2.45) is 0 Å². The lowest BCUT2D eigenvalue weighted by molar-refractivity contribution is -0.140. The summed E-state index contributed by atoms with van der Waals surface area (Å²) in [5, 5.41) is 3.57. The van der Waals surface area contributed by atoms with Crippen molar-refractivity contribution in [3.8, 4) is 5.75 Å². The van der Waals surface area contributed by atoms with E-state index in [1.54, 1.807) is 24.3 Å². The third-order valence-corrected chi connectivity index (χ3v) is 9.97. The predicted molar refractivity (Wildman–Crippen MR) is 174 cm³/mol. The van der Waals surface area contributed by atoms with Crippen molar-refractivity contribution in [1.29, 1.82) is 0 Å².